The second kappa shape index (κ2) is 4.42. The van der Waals surface area contributed by atoms with Gasteiger partial charge in [0.05, 0.1) is 6.04 Å². The fourth-order valence-electron chi connectivity index (χ4n) is 1.67. The highest BCUT2D eigenvalue weighted by molar-refractivity contribution is 5.80. The molecule has 70 valence electrons. The van der Waals surface area contributed by atoms with E-state index in [1.54, 1.807) is 0 Å². The molecule has 0 saturated carbocycles. The molecule has 4 heteroatoms. The highest BCUT2D eigenvalue weighted by Crippen LogP contribution is 2.15. The highest BCUT2D eigenvalue weighted by atomic mass is 16.1. The lowest BCUT2D eigenvalue weighted by atomic mass is 10.2. The summed E-state index contributed by atoms with van der Waals surface area (Å²) < 4.78 is 0. The number of hydrogen-bond donors (Lipinski definition) is 2. The fraction of sp³-hybridized carbons (Fsp3) is 0.875. The summed E-state index contributed by atoms with van der Waals surface area (Å²) in [6.45, 7) is 2.85. The van der Waals surface area contributed by atoms with Crippen molar-refractivity contribution in [3.63, 3.8) is 0 Å². The van der Waals surface area contributed by atoms with E-state index in [4.69, 9.17) is 5.73 Å². The summed E-state index contributed by atoms with van der Waals surface area (Å²) in [7, 11) is 1.91. The molecule has 0 radical (unpaired) electrons. The molecule has 0 aromatic rings. The van der Waals surface area contributed by atoms with Gasteiger partial charge in [-0.2, -0.15) is 0 Å². The third kappa shape index (κ3) is 2.19. The minimum atomic E-state index is -0.177. The van der Waals surface area contributed by atoms with Gasteiger partial charge in [-0.25, -0.2) is 0 Å². The van der Waals surface area contributed by atoms with Crippen molar-refractivity contribution in [2.45, 2.75) is 18.9 Å². The van der Waals surface area contributed by atoms with Gasteiger partial charge in [-0.3, -0.25) is 9.69 Å². The lowest BCUT2D eigenvalue weighted by molar-refractivity contribution is -0.122. The van der Waals surface area contributed by atoms with Gasteiger partial charge < -0.3 is 11.1 Å². The molecule has 12 heavy (non-hydrogen) atoms. The fourth-order valence-corrected chi connectivity index (χ4v) is 1.67. The first-order valence-corrected chi connectivity index (χ1v) is 4.43. The standard InChI is InChI=1S/C8H17N3O/c1-10-4-6-11-5-2-3-7(11)8(9)12/h7,10H,2-6H2,1H3,(H2,9,12). The van der Waals surface area contributed by atoms with E-state index < -0.39 is 0 Å². The number of carbonyl (C=O) groups excluding carboxylic acids is 1. The first-order valence-electron chi connectivity index (χ1n) is 4.43. The summed E-state index contributed by atoms with van der Waals surface area (Å²) in [4.78, 5) is 13.1. The van der Waals surface area contributed by atoms with E-state index in [0.717, 1.165) is 32.5 Å². The zero-order valence-electron chi connectivity index (χ0n) is 7.55. The maximum Gasteiger partial charge on any atom is 0.234 e. The summed E-state index contributed by atoms with van der Waals surface area (Å²) in [6, 6.07) is -0.0154. The van der Waals surface area contributed by atoms with Crippen LogP contribution in [0.15, 0.2) is 0 Å². The molecule has 0 aliphatic carbocycles. The van der Waals surface area contributed by atoms with Crippen molar-refractivity contribution in [3.8, 4) is 0 Å². The van der Waals surface area contributed by atoms with Gasteiger partial charge in [-0.15, -0.1) is 0 Å². The number of rotatable bonds is 4. The van der Waals surface area contributed by atoms with E-state index in [9.17, 15) is 4.79 Å². The van der Waals surface area contributed by atoms with E-state index in [0.29, 0.717) is 0 Å². The molecule has 1 aliphatic rings. The average molecular weight is 171 g/mol. The maximum atomic E-state index is 10.9. The van der Waals surface area contributed by atoms with Gasteiger partial charge in [0.2, 0.25) is 5.91 Å². The van der Waals surface area contributed by atoms with Gasteiger partial charge in [-0.05, 0) is 26.4 Å². The van der Waals surface area contributed by atoms with Gasteiger partial charge in [0, 0.05) is 13.1 Å². The summed E-state index contributed by atoms with van der Waals surface area (Å²) in [5, 5.41) is 3.06. The van der Waals surface area contributed by atoms with Gasteiger partial charge in [0.1, 0.15) is 0 Å². The monoisotopic (exact) mass is 171 g/mol. The van der Waals surface area contributed by atoms with Crippen molar-refractivity contribution in [2.24, 2.45) is 5.73 Å². The van der Waals surface area contributed by atoms with E-state index in [2.05, 4.69) is 10.2 Å². The van der Waals surface area contributed by atoms with Crippen LogP contribution in [0.3, 0.4) is 0 Å². The smallest absolute Gasteiger partial charge is 0.234 e. The van der Waals surface area contributed by atoms with Gasteiger partial charge in [0.15, 0.2) is 0 Å². The van der Waals surface area contributed by atoms with Crippen LogP contribution >= 0.6 is 0 Å². The van der Waals surface area contributed by atoms with Crippen molar-refractivity contribution in [2.75, 3.05) is 26.7 Å². The Kier molecular flexibility index (Phi) is 3.49. The molecule has 0 aromatic heterocycles. The molecule has 1 saturated heterocycles. The first kappa shape index (κ1) is 9.48. The largest absolute Gasteiger partial charge is 0.368 e. The van der Waals surface area contributed by atoms with Gasteiger partial charge in [-0.1, -0.05) is 0 Å². The number of carbonyl (C=O) groups is 1. The van der Waals surface area contributed by atoms with Crippen molar-refractivity contribution in [1.82, 2.24) is 10.2 Å². The Labute approximate surface area is 73.1 Å². The maximum absolute atomic E-state index is 10.9. The third-order valence-electron chi connectivity index (χ3n) is 2.34. The molecule has 0 aromatic carbocycles. The van der Waals surface area contributed by atoms with Crippen LogP contribution in [0.25, 0.3) is 0 Å². The lowest BCUT2D eigenvalue weighted by Gasteiger charge is -2.21. The summed E-state index contributed by atoms with van der Waals surface area (Å²) in [5.41, 5.74) is 5.26. The summed E-state index contributed by atoms with van der Waals surface area (Å²) in [5.74, 6) is -0.177. The molecule has 1 fully saturated rings. The second-order valence-corrected chi connectivity index (χ2v) is 3.20. The number of likely N-dealkylation sites (tertiary alicyclic amines) is 1. The van der Waals surface area contributed by atoms with Crippen LogP contribution < -0.4 is 11.1 Å². The van der Waals surface area contributed by atoms with Crippen LogP contribution in [0.4, 0.5) is 0 Å². The van der Waals surface area contributed by atoms with Crippen LogP contribution in [-0.4, -0.2) is 43.5 Å². The average Bonchev–Trinajstić information content (AvgIpc) is 2.48. The third-order valence-corrected chi connectivity index (χ3v) is 2.34. The van der Waals surface area contributed by atoms with Gasteiger partial charge >= 0.3 is 0 Å². The van der Waals surface area contributed by atoms with Crippen LogP contribution in [-0.2, 0) is 4.79 Å². The number of nitrogens with two attached hydrogens (primary N) is 1. The minimum Gasteiger partial charge on any atom is -0.368 e. The molecule has 1 atom stereocenters. The molecule has 0 bridgehead atoms. The Morgan fingerprint density at radius 3 is 3.08 bits per heavy atom. The second-order valence-electron chi connectivity index (χ2n) is 3.20. The van der Waals surface area contributed by atoms with Crippen LogP contribution in [0.5, 0.6) is 0 Å². The molecule has 1 heterocycles. The molecule has 1 amide bonds. The minimum absolute atomic E-state index is 0.0154. The van der Waals surface area contributed by atoms with Crippen LogP contribution in [0.2, 0.25) is 0 Å². The van der Waals surface area contributed by atoms with E-state index >= 15 is 0 Å². The van der Waals surface area contributed by atoms with Crippen LogP contribution in [0.1, 0.15) is 12.8 Å². The molecule has 3 N–H and O–H groups in total. The SMILES string of the molecule is CNCCN1CCCC1C(N)=O. The topological polar surface area (TPSA) is 58.4 Å². The van der Waals surface area contributed by atoms with Crippen LogP contribution in [0, 0.1) is 0 Å². The number of amides is 1. The zero-order chi connectivity index (χ0) is 8.97. The first-order chi connectivity index (χ1) is 5.75. The Hall–Kier alpha value is -0.610. The quantitative estimate of drug-likeness (QED) is 0.579. The molecule has 1 aliphatic heterocycles. The Bertz CT molecular complexity index is 160. The normalized spacial score (nSPS) is 24.6. The molecule has 0 spiro atoms. The lowest BCUT2D eigenvalue weighted by Crippen LogP contribution is -2.42. The summed E-state index contributed by atoms with van der Waals surface area (Å²) in [6.07, 6.45) is 2.02. The number of primary amides is 1. The number of hydrogen-bond acceptors (Lipinski definition) is 3. The molecule has 4 nitrogen and oxygen atoms in total. The molecular weight excluding hydrogens is 154 g/mol. The van der Waals surface area contributed by atoms with Crippen molar-refractivity contribution in [3.05, 3.63) is 0 Å². The van der Waals surface area contributed by atoms with Crippen molar-refractivity contribution < 1.29 is 4.79 Å². The number of likely N-dealkylation sites (N-methyl/N-ethyl adjacent to an activating group) is 1. The van der Waals surface area contributed by atoms with Crippen molar-refractivity contribution in [1.29, 1.82) is 0 Å². The Morgan fingerprint density at radius 2 is 2.50 bits per heavy atom. The number of nitrogens with one attached hydrogen (secondary N) is 1. The predicted octanol–water partition coefficient (Wildman–Crippen LogP) is -0.844. The van der Waals surface area contributed by atoms with Crippen molar-refractivity contribution >= 4 is 5.91 Å². The number of nitrogens with zero attached hydrogens (tertiary/aromatic N) is 1. The van der Waals surface area contributed by atoms with E-state index in [-0.39, 0.29) is 11.9 Å². The molecule has 1 rings (SSSR count). The van der Waals surface area contributed by atoms with E-state index in [1.807, 2.05) is 7.05 Å². The highest BCUT2D eigenvalue weighted by Gasteiger charge is 2.27. The van der Waals surface area contributed by atoms with Gasteiger partial charge in [0.25, 0.3) is 0 Å². The molecule has 1 unspecified atom stereocenters. The Morgan fingerprint density at radius 1 is 1.75 bits per heavy atom. The zero-order valence-corrected chi connectivity index (χ0v) is 7.55. The Balaban J connectivity index is 2.35. The summed E-state index contributed by atoms with van der Waals surface area (Å²) >= 11 is 0. The molecular formula is C8H17N3O. The van der Waals surface area contributed by atoms with E-state index in [1.165, 1.54) is 0 Å². The predicted molar refractivity (Wildman–Crippen MR) is 47.7 cm³/mol.